The first-order valence-electron chi connectivity index (χ1n) is 6.74. The van der Waals surface area contributed by atoms with Gasteiger partial charge in [-0.25, -0.2) is 4.98 Å². The molecule has 1 aliphatic heterocycles. The first-order chi connectivity index (χ1) is 9.83. The van der Waals surface area contributed by atoms with Gasteiger partial charge in [0.25, 0.3) is 0 Å². The summed E-state index contributed by atoms with van der Waals surface area (Å²) in [6.07, 6.45) is 5.16. The van der Waals surface area contributed by atoms with E-state index < -0.39 is 0 Å². The minimum Gasteiger partial charge on any atom is -0.479 e. The Labute approximate surface area is 121 Å². The molecule has 0 aliphatic carbocycles. The molecule has 0 N–H and O–H groups in total. The van der Waals surface area contributed by atoms with Crippen LogP contribution in [0.25, 0.3) is 11.0 Å². The molecule has 20 heavy (non-hydrogen) atoms. The van der Waals surface area contributed by atoms with Gasteiger partial charge >= 0.3 is 0 Å². The number of likely N-dealkylation sites (tertiary alicyclic amines) is 1. The summed E-state index contributed by atoms with van der Waals surface area (Å²) in [4.78, 5) is 10.6. The van der Waals surface area contributed by atoms with Crippen LogP contribution in [0.15, 0.2) is 12.4 Å². The summed E-state index contributed by atoms with van der Waals surface area (Å²) in [5.41, 5.74) is 2.22. The van der Waals surface area contributed by atoms with Crippen molar-refractivity contribution in [3.8, 4) is 5.88 Å². The summed E-state index contributed by atoms with van der Waals surface area (Å²) in [6, 6.07) is 1.92. The van der Waals surface area contributed by atoms with Crippen molar-refractivity contribution in [2.75, 3.05) is 20.2 Å². The van der Waals surface area contributed by atoms with E-state index in [9.17, 15) is 3.89 Å². The number of nitrogens with zero attached hydrogens (tertiary/aromatic N) is 4. The molecule has 0 saturated carbocycles. The average Bonchev–Trinajstić information content (AvgIpc) is 2.85. The van der Waals surface area contributed by atoms with Crippen LogP contribution in [-0.2, 0) is 6.54 Å². The normalized spacial score (nSPS) is 16.7. The zero-order chi connectivity index (χ0) is 13.9. The zero-order valence-corrected chi connectivity index (χ0v) is 12.2. The Balaban J connectivity index is 1.97. The highest BCUT2D eigenvalue weighted by Gasteiger charge is 2.19. The van der Waals surface area contributed by atoms with Crippen molar-refractivity contribution in [1.82, 2.24) is 18.8 Å². The van der Waals surface area contributed by atoms with E-state index in [1.807, 2.05) is 6.07 Å². The Bertz CT molecular complexity index is 597. The second-order valence-corrected chi connectivity index (χ2v) is 5.46. The monoisotopic (exact) mass is 296 g/mol. The molecule has 1 saturated heterocycles. The molecule has 108 valence electrons. The highest BCUT2D eigenvalue weighted by Crippen LogP contribution is 2.30. The van der Waals surface area contributed by atoms with Gasteiger partial charge in [0.15, 0.2) is 12.3 Å². The van der Waals surface area contributed by atoms with Crippen LogP contribution in [0.4, 0.5) is 3.89 Å². The number of hydrogen-bond acceptors (Lipinski definition) is 5. The molecule has 7 heteroatoms. The van der Waals surface area contributed by atoms with E-state index in [0.717, 1.165) is 25.3 Å². The highest BCUT2D eigenvalue weighted by atomic mass is 32.2. The quantitative estimate of drug-likeness (QED) is 0.868. The molecular weight excluding hydrogens is 279 g/mol. The highest BCUT2D eigenvalue weighted by molar-refractivity contribution is 7.93. The number of halogens is 1. The van der Waals surface area contributed by atoms with Crippen LogP contribution < -0.4 is 4.74 Å². The van der Waals surface area contributed by atoms with Crippen LogP contribution >= 0.6 is 12.3 Å². The molecule has 5 nitrogen and oxygen atoms in total. The Morgan fingerprint density at radius 3 is 2.80 bits per heavy atom. The van der Waals surface area contributed by atoms with Gasteiger partial charge in [-0.1, -0.05) is 6.42 Å². The number of piperidine rings is 1. The number of hydrogen-bond donors (Lipinski definition) is 0. The number of aromatic nitrogens is 3. The van der Waals surface area contributed by atoms with Crippen molar-refractivity contribution >= 4 is 23.4 Å². The zero-order valence-electron chi connectivity index (χ0n) is 11.4. The molecule has 0 bridgehead atoms. The molecule has 0 unspecified atom stereocenters. The van der Waals surface area contributed by atoms with Crippen LogP contribution in [0.3, 0.4) is 0 Å². The van der Waals surface area contributed by atoms with Gasteiger partial charge < -0.3 is 4.74 Å². The SMILES string of the molecule is COc1ncnc2cc(CN3CCCCC3)n(SF)c12. The van der Waals surface area contributed by atoms with Crippen molar-refractivity contribution in [1.29, 1.82) is 0 Å². The summed E-state index contributed by atoms with van der Waals surface area (Å²) < 4.78 is 20.1. The van der Waals surface area contributed by atoms with Gasteiger partial charge in [0, 0.05) is 12.2 Å². The average molecular weight is 296 g/mol. The molecule has 0 amide bonds. The van der Waals surface area contributed by atoms with Gasteiger partial charge in [-0.05, 0) is 32.0 Å². The van der Waals surface area contributed by atoms with Crippen LogP contribution in [0.5, 0.6) is 5.88 Å². The number of ether oxygens (including phenoxy) is 1. The molecular formula is C13H17FN4OS. The molecule has 3 rings (SSSR count). The lowest BCUT2D eigenvalue weighted by Crippen LogP contribution is -2.29. The maximum Gasteiger partial charge on any atom is 0.242 e. The van der Waals surface area contributed by atoms with E-state index in [-0.39, 0.29) is 12.3 Å². The maximum absolute atomic E-state index is 13.4. The van der Waals surface area contributed by atoms with Crippen molar-refractivity contribution in [3.05, 3.63) is 18.1 Å². The fourth-order valence-electron chi connectivity index (χ4n) is 2.72. The van der Waals surface area contributed by atoms with Gasteiger partial charge in [-0.15, -0.1) is 3.89 Å². The largest absolute Gasteiger partial charge is 0.479 e. The predicted molar refractivity (Wildman–Crippen MR) is 77.3 cm³/mol. The topological polar surface area (TPSA) is 43.2 Å². The van der Waals surface area contributed by atoms with Gasteiger partial charge in [0.1, 0.15) is 11.8 Å². The van der Waals surface area contributed by atoms with Crippen molar-refractivity contribution in [2.24, 2.45) is 0 Å². The standard InChI is InChI=1S/C13H17FN4OS/c1-19-13-12-11(15-9-16-13)7-10(18(12)20-14)8-17-5-3-2-4-6-17/h7,9H,2-6,8H2,1H3. The predicted octanol–water partition coefficient (Wildman–Crippen LogP) is 2.81. The maximum atomic E-state index is 13.4. The van der Waals surface area contributed by atoms with Crippen LogP contribution in [-0.4, -0.2) is 39.0 Å². The molecule has 3 heterocycles. The molecule has 0 atom stereocenters. The van der Waals surface area contributed by atoms with E-state index in [2.05, 4.69) is 14.9 Å². The second kappa shape index (κ2) is 5.97. The first kappa shape index (κ1) is 13.6. The molecule has 1 aliphatic rings. The third-order valence-corrected chi connectivity index (χ3v) is 4.24. The third-order valence-electron chi connectivity index (χ3n) is 3.68. The Morgan fingerprint density at radius 2 is 2.10 bits per heavy atom. The third kappa shape index (κ3) is 2.47. The van der Waals surface area contributed by atoms with E-state index in [1.165, 1.54) is 36.7 Å². The van der Waals surface area contributed by atoms with Crippen LogP contribution in [0.2, 0.25) is 0 Å². The van der Waals surface area contributed by atoms with Gasteiger partial charge in [-0.3, -0.25) is 8.87 Å². The summed E-state index contributed by atoms with van der Waals surface area (Å²) in [6.45, 7) is 2.87. The van der Waals surface area contributed by atoms with Crippen molar-refractivity contribution < 1.29 is 8.62 Å². The number of fused-ring (bicyclic) bond motifs is 1. The van der Waals surface area contributed by atoms with Crippen LogP contribution in [0.1, 0.15) is 25.0 Å². The molecule has 1 fully saturated rings. The lowest BCUT2D eigenvalue weighted by molar-refractivity contribution is 0.218. The van der Waals surface area contributed by atoms with E-state index in [1.54, 1.807) is 0 Å². The van der Waals surface area contributed by atoms with E-state index in [0.29, 0.717) is 16.9 Å². The smallest absolute Gasteiger partial charge is 0.242 e. The minimum atomic E-state index is 0.180. The van der Waals surface area contributed by atoms with Gasteiger partial charge in [-0.2, -0.15) is 4.98 Å². The summed E-state index contributed by atoms with van der Waals surface area (Å²) >= 11 is 0.180. The first-order valence-corrected chi connectivity index (χ1v) is 7.41. The molecule has 0 aromatic carbocycles. The number of methoxy groups -OCH3 is 1. The van der Waals surface area contributed by atoms with E-state index in [4.69, 9.17) is 4.74 Å². The van der Waals surface area contributed by atoms with Gasteiger partial charge in [0.2, 0.25) is 5.88 Å². The van der Waals surface area contributed by atoms with Gasteiger partial charge in [0.05, 0.1) is 12.6 Å². The fraction of sp³-hybridized carbons (Fsp3) is 0.538. The van der Waals surface area contributed by atoms with Crippen molar-refractivity contribution in [3.63, 3.8) is 0 Å². The Hall–Kier alpha value is -1.34. The summed E-state index contributed by atoms with van der Waals surface area (Å²) in [7, 11) is 1.53. The number of rotatable bonds is 4. The Morgan fingerprint density at radius 1 is 1.30 bits per heavy atom. The molecule has 0 spiro atoms. The summed E-state index contributed by atoms with van der Waals surface area (Å²) in [5.74, 6) is 0.407. The molecule has 0 radical (unpaired) electrons. The van der Waals surface area contributed by atoms with E-state index >= 15 is 0 Å². The fourth-order valence-corrected chi connectivity index (χ4v) is 3.16. The molecule has 2 aromatic heterocycles. The molecule has 2 aromatic rings. The lowest BCUT2D eigenvalue weighted by atomic mass is 10.1. The van der Waals surface area contributed by atoms with Crippen molar-refractivity contribution in [2.45, 2.75) is 25.8 Å². The van der Waals surface area contributed by atoms with Crippen LogP contribution in [0, 0.1) is 0 Å². The summed E-state index contributed by atoms with van der Waals surface area (Å²) in [5, 5.41) is 0. The second-order valence-electron chi connectivity index (χ2n) is 4.95. The Kier molecular flexibility index (Phi) is 4.07. The minimum absolute atomic E-state index is 0.180. The lowest BCUT2D eigenvalue weighted by Gasteiger charge is -2.26.